The Morgan fingerprint density at radius 2 is 1.81 bits per heavy atom. The molecule has 4 rings (SSSR count). The molecule has 6 nitrogen and oxygen atoms in total. The van der Waals surface area contributed by atoms with Gasteiger partial charge < -0.3 is 24.8 Å². The summed E-state index contributed by atoms with van der Waals surface area (Å²) in [4.78, 5) is 13.0. The molecule has 192 valence electrons. The van der Waals surface area contributed by atoms with Crippen molar-refractivity contribution >= 4 is 16.6 Å². The van der Waals surface area contributed by atoms with Gasteiger partial charge in [0, 0.05) is 25.0 Å². The van der Waals surface area contributed by atoms with Crippen LogP contribution in [0.2, 0.25) is 0 Å². The first-order valence-corrected chi connectivity index (χ1v) is 12.8. The average Bonchev–Trinajstić information content (AvgIpc) is 2.85. The largest absolute Gasteiger partial charge is 0.508 e. The third kappa shape index (κ3) is 6.18. The van der Waals surface area contributed by atoms with Gasteiger partial charge in [-0.15, -0.1) is 0 Å². The van der Waals surface area contributed by atoms with Crippen molar-refractivity contribution in [2.45, 2.75) is 64.1 Å². The molecule has 0 bridgehead atoms. The Morgan fingerprint density at radius 3 is 2.58 bits per heavy atom. The lowest BCUT2D eigenvalue weighted by atomic mass is 9.88. The van der Waals surface area contributed by atoms with Crippen molar-refractivity contribution in [3.8, 4) is 28.4 Å². The molecule has 0 spiro atoms. The molecular formula is C30H36O6. The van der Waals surface area contributed by atoms with Gasteiger partial charge >= 0.3 is 0 Å². The van der Waals surface area contributed by atoms with Crippen LogP contribution in [-0.4, -0.2) is 47.0 Å². The van der Waals surface area contributed by atoms with Crippen LogP contribution in [0.25, 0.3) is 21.9 Å². The van der Waals surface area contributed by atoms with E-state index in [1.165, 1.54) is 7.11 Å². The highest BCUT2D eigenvalue weighted by molar-refractivity contribution is 5.90. The van der Waals surface area contributed by atoms with Crippen LogP contribution in [-0.2, 0) is 16.0 Å². The molecule has 0 amide bonds. The Kier molecular flexibility index (Phi) is 8.49. The van der Waals surface area contributed by atoms with Crippen LogP contribution in [0.3, 0.4) is 0 Å². The third-order valence-electron chi connectivity index (χ3n) is 7.07. The zero-order valence-electron chi connectivity index (χ0n) is 21.1. The van der Waals surface area contributed by atoms with E-state index in [1.807, 2.05) is 30.3 Å². The molecule has 1 fully saturated rings. The van der Waals surface area contributed by atoms with Crippen molar-refractivity contribution in [2.24, 2.45) is 5.92 Å². The van der Waals surface area contributed by atoms with Gasteiger partial charge in [0.25, 0.3) is 0 Å². The molecule has 6 heteroatoms. The van der Waals surface area contributed by atoms with E-state index < -0.39 is 0 Å². The number of aromatic hydroxyl groups is 2. The third-order valence-corrected chi connectivity index (χ3v) is 7.07. The number of carbonyl (C=O) groups is 1. The van der Waals surface area contributed by atoms with E-state index in [9.17, 15) is 15.0 Å². The summed E-state index contributed by atoms with van der Waals surface area (Å²) in [6.07, 6.45) is 4.70. The summed E-state index contributed by atoms with van der Waals surface area (Å²) in [7, 11) is 1.52. The summed E-state index contributed by atoms with van der Waals surface area (Å²) >= 11 is 0. The molecule has 1 heterocycles. The lowest BCUT2D eigenvalue weighted by Gasteiger charge is -2.34. The summed E-state index contributed by atoms with van der Waals surface area (Å²) in [5.74, 6) is 1.25. The number of fused-ring (bicyclic) bond motifs is 1. The van der Waals surface area contributed by atoms with Crippen molar-refractivity contribution in [3.05, 3.63) is 54.1 Å². The van der Waals surface area contributed by atoms with E-state index in [-0.39, 0.29) is 36.1 Å². The number of benzene rings is 3. The number of aliphatic hydroxyl groups excluding tert-OH is 1. The Morgan fingerprint density at radius 1 is 1.03 bits per heavy atom. The number of aryl methyl sites for hydroxylation is 1. The summed E-state index contributed by atoms with van der Waals surface area (Å²) < 4.78 is 11.7. The van der Waals surface area contributed by atoms with Crippen LogP contribution in [0.1, 0.15) is 51.0 Å². The molecule has 0 saturated carbocycles. The predicted molar refractivity (Wildman–Crippen MR) is 141 cm³/mol. The van der Waals surface area contributed by atoms with Crippen molar-refractivity contribution in [1.29, 1.82) is 0 Å². The number of rotatable bonds is 10. The molecule has 36 heavy (non-hydrogen) atoms. The van der Waals surface area contributed by atoms with Crippen molar-refractivity contribution in [2.75, 3.05) is 13.7 Å². The fourth-order valence-corrected chi connectivity index (χ4v) is 5.38. The SMILES string of the molecule is COc1c(O)ccc(CCC(=O)C[C@H]2C[C@H](C)C[C@H](CCCO)O2)c1-c1ccc2ccc(O)cc2c1. The van der Waals surface area contributed by atoms with Gasteiger partial charge in [-0.25, -0.2) is 0 Å². The summed E-state index contributed by atoms with van der Waals surface area (Å²) in [5, 5.41) is 31.4. The van der Waals surface area contributed by atoms with Crippen LogP contribution < -0.4 is 4.74 Å². The molecule has 3 N–H and O–H groups in total. The number of aliphatic hydroxyl groups is 1. The van der Waals surface area contributed by atoms with Gasteiger partial charge in [0.2, 0.25) is 0 Å². The van der Waals surface area contributed by atoms with Crippen LogP contribution in [0.4, 0.5) is 0 Å². The maximum Gasteiger partial charge on any atom is 0.168 e. The number of hydrogen-bond acceptors (Lipinski definition) is 6. The minimum atomic E-state index is -0.0769. The molecule has 0 unspecified atom stereocenters. The van der Waals surface area contributed by atoms with E-state index in [4.69, 9.17) is 14.6 Å². The van der Waals surface area contributed by atoms with E-state index in [1.54, 1.807) is 18.2 Å². The Balaban J connectivity index is 1.51. The summed E-state index contributed by atoms with van der Waals surface area (Å²) in [6, 6.07) is 14.6. The number of hydrogen-bond donors (Lipinski definition) is 3. The summed E-state index contributed by atoms with van der Waals surface area (Å²) in [5.41, 5.74) is 2.51. The van der Waals surface area contributed by atoms with Gasteiger partial charge in [0.05, 0.1) is 19.3 Å². The van der Waals surface area contributed by atoms with Crippen LogP contribution in [0, 0.1) is 5.92 Å². The Bertz CT molecular complexity index is 1200. The highest BCUT2D eigenvalue weighted by Crippen LogP contribution is 2.41. The summed E-state index contributed by atoms with van der Waals surface area (Å²) in [6.45, 7) is 2.36. The second-order valence-corrected chi connectivity index (χ2v) is 9.96. The monoisotopic (exact) mass is 492 g/mol. The fourth-order valence-electron chi connectivity index (χ4n) is 5.38. The van der Waals surface area contributed by atoms with Crippen molar-refractivity contribution in [3.63, 3.8) is 0 Å². The molecule has 1 aliphatic heterocycles. The zero-order chi connectivity index (χ0) is 25.7. The average molecular weight is 493 g/mol. The molecule has 1 aliphatic rings. The Hall–Kier alpha value is -3.09. The molecular weight excluding hydrogens is 456 g/mol. The first-order chi connectivity index (χ1) is 17.4. The molecule has 3 atom stereocenters. The number of Topliss-reactive ketones (excluding diaryl/α,β-unsaturated/α-hetero) is 1. The molecule has 3 aromatic carbocycles. The van der Waals surface area contributed by atoms with Crippen LogP contribution in [0.15, 0.2) is 48.5 Å². The van der Waals surface area contributed by atoms with Gasteiger partial charge in [-0.05, 0) is 84.2 Å². The van der Waals surface area contributed by atoms with E-state index in [2.05, 4.69) is 6.92 Å². The van der Waals surface area contributed by atoms with Gasteiger partial charge in [-0.3, -0.25) is 4.79 Å². The van der Waals surface area contributed by atoms with Crippen LogP contribution >= 0.6 is 0 Å². The minimum absolute atomic E-state index is 0.0390. The van der Waals surface area contributed by atoms with Crippen molar-refractivity contribution in [1.82, 2.24) is 0 Å². The maximum absolute atomic E-state index is 13.0. The lowest BCUT2D eigenvalue weighted by Crippen LogP contribution is -2.33. The predicted octanol–water partition coefficient (Wildman–Crippen LogP) is 5.77. The molecule has 0 radical (unpaired) electrons. The van der Waals surface area contributed by atoms with Gasteiger partial charge in [-0.1, -0.05) is 31.2 Å². The first-order valence-electron chi connectivity index (χ1n) is 12.8. The topological polar surface area (TPSA) is 96.2 Å². The number of ketones is 1. The lowest BCUT2D eigenvalue weighted by molar-refractivity contribution is -0.127. The minimum Gasteiger partial charge on any atom is -0.508 e. The number of phenolic OH excluding ortho intramolecular Hbond substituents is 2. The van der Waals surface area contributed by atoms with E-state index in [0.717, 1.165) is 53.1 Å². The zero-order valence-corrected chi connectivity index (χ0v) is 21.1. The first kappa shape index (κ1) is 26.0. The second-order valence-electron chi connectivity index (χ2n) is 9.96. The maximum atomic E-state index is 13.0. The number of phenols is 2. The molecule has 1 saturated heterocycles. The Labute approximate surface area is 212 Å². The van der Waals surface area contributed by atoms with Gasteiger partial charge in [0.1, 0.15) is 11.5 Å². The number of carbonyl (C=O) groups excluding carboxylic acids is 1. The molecule has 0 aliphatic carbocycles. The second kappa shape index (κ2) is 11.8. The highest BCUT2D eigenvalue weighted by atomic mass is 16.5. The normalized spacial score (nSPS) is 19.9. The smallest absolute Gasteiger partial charge is 0.168 e. The molecule has 3 aromatic rings. The van der Waals surface area contributed by atoms with Gasteiger partial charge in [-0.2, -0.15) is 0 Å². The fraction of sp³-hybridized carbons (Fsp3) is 0.433. The number of methoxy groups -OCH3 is 1. The standard InChI is InChI=1S/C30H36O6/c1-19-14-26(4-3-13-31)36-27(15-19)18-25(33)11-8-21-9-12-28(34)30(35-2)29(21)22-6-5-20-7-10-24(32)17-23(20)16-22/h5-7,9-10,12,16-17,19,26-27,31-32,34H,3-4,8,11,13-15,18H2,1-2H3/t19-,26+,27-/m1/s1. The van der Waals surface area contributed by atoms with E-state index in [0.29, 0.717) is 30.9 Å². The molecule has 0 aromatic heterocycles. The number of ether oxygens (including phenoxy) is 2. The van der Waals surface area contributed by atoms with Crippen molar-refractivity contribution < 1.29 is 29.6 Å². The van der Waals surface area contributed by atoms with Crippen LogP contribution in [0.5, 0.6) is 17.2 Å². The van der Waals surface area contributed by atoms with Gasteiger partial charge in [0.15, 0.2) is 11.5 Å². The van der Waals surface area contributed by atoms with E-state index >= 15 is 0 Å². The quantitative estimate of drug-likeness (QED) is 0.332. The highest BCUT2D eigenvalue weighted by Gasteiger charge is 2.28.